The Morgan fingerprint density at radius 3 is 2.70 bits per heavy atom. The molecule has 0 radical (unpaired) electrons. The van der Waals surface area contributed by atoms with E-state index in [2.05, 4.69) is 69.7 Å². The van der Waals surface area contributed by atoms with Gasteiger partial charge in [-0.1, -0.05) is 53.8 Å². The van der Waals surface area contributed by atoms with Gasteiger partial charge in [0, 0.05) is 25.3 Å². The van der Waals surface area contributed by atoms with Crippen LogP contribution in [0.2, 0.25) is 0 Å². The normalized spacial score (nSPS) is 11.2. The maximum Gasteiger partial charge on any atom is 0.235 e. The molecule has 0 aliphatic carbocycles. The van der Waals surface area contributed by atoms with E-state index in [-0.39, 0.29) is 0 Å². The largest absolute Gasteiger partial charge is 0.378 e. The van der Waals surface area contributed by atoms with Gasteiger partial charge in [0.05, 0.1) is 5.75 Å². The SMILES string of the molecule is CN(C)c1cccc(-c2nn3c(CSCCc4ccccc4)nnc3s2)c1. The Balaban J connectivity index is 1.45. The van der Waals surface area contributed by atoms with Crippen molar-refractivity contribution in [3.8, 4) is 10.6 Å². The number of thioether (sulfide) groups is 1. The molecule has 0 amide bonds. The number of nitrogens with zero attached hydrogens (tertiary/aromatic N) is 5. The van der Waals surface area contributed by atoms with Crippen LogP contribution in [0.15, 0.2) is 54.6 Å². The highest BCUT2D eigenvalue weighted by molar-refractivity contribution is 7.98. The van der Waals surface area contributed by atoms with Gasteiger partial charge in [-0.05, 0) is 29.9 Å². The molecule has 2 heterocycles. The van der Waals surface area contributed by atoms with E-state index in [1.807, 2.05) is 30.4 Å². The zero-order valence-electron chi connectivity index (χ0n) is 15.4. The zero-order valence-corrected chi connectivity index (χ0v) is 17.0. The van der Waals surface area contributed by atoms with Crippen molar-refractivity contribution in [2.75, 3.05) is 24.7 Å². The number of aromatic nitrogens is 4. The van der Waals surface area contributed by atoms with Crippen LogP contribution in [-0.4, -0.2) is 39.7 Å². The first-order valence-electron chi connectivity index (χ1n) is 8.81. The van der Waals surface area contributed by atoms with Crippen LogP contribution in [-0.2, 0) is 12.2 Å². The highest BCUT2D eigenvalue weighted by Gasteiger charge is 2.13. The highest BCUT2D eigenvalue weighted by atomic mass is 32.2. The molecule has 0 saturated heterocycles. The van der Waals surface area contributed by atoms with E-state index in [0.29, 0.717) is 0 Å². The molecule has 0 fully saturated rings. The summed E-state index contributed by atoms with van der Waals surface area (Å²) in [6.07, 6.45) is 1.06. The quantitative estimate of drug-likeness (QED) is 0.434. The van der Waals surface area contributed by atoms with Crippen molar-refractivity contribution < 1.29 is 0 Å². The second-order valence-corrected chi connectivity index (χ2v) is 8.51. The van der Waals surface area contributed by atoms with Gasteiger partial charge in [0.1, 0.15) is 5.01 Å². The third-order valence-electron chi connectivity index (χ3n) is 4.27. The summed E-state index contributed by atoms with van der Waals surface area (Å²) in [5.74, 6) is 2.78. The lowest BCUT2D eigenvalue weighted by molar-refractivity contribution is 0.887. The summed E-state index contributed by atoms with van der Waals surface area (Å²) in [6, 6.07) is 19.0. The van der Waals surface area contributed by atoms with E-state index in [1.54, 1.807) is 11.3 Å². The smallest absolute Gasteiger partial charge is 0.235 e. The molecule has 0 saturated carbocycles. The van der Waals surface area contributed by atoms with Crippen molar-refractivity contribution >= 4 is 33.7 Å². The molecule has 5 nitrogen and oxygen atoms in total. The van der Waals surface area contributed by atoms with E-state index >= 15 is 0 Å². The number of fused-ring (bicyclic) bond motifs is 1. The zero-order chi connectivity index (χ0) is 18.6. The first-order chi connectivity index (χ1) is 13.2. The minimum atomic E-state index is 0.814. The summed E-state index contributed by atoms with van der Waals surface area (Å²) < 4.78 is 1.89. The molecule has 4 rings (SSSR count). The Morgan fingerprint density at radius 1 is 1.04 bits per heavy atom. The molecule has 4 aromatic rings. The minimum absolute atomic E-state index is 0.814. The lowest BCUT2D eigenvalue weighted by atomic mass is 10.2. The maximum absolute atomic E-state index is 4.76. The minimum Gasteiger partial charge on any atom is -0.378 e. The molecule has 138 valence electrons. The Kier molecular flexibility index (Phi) is 5.40. The molecule has 0 aliphatic heterocycles. The topological polar surface area (TPSA) is 46.3 Å². The number of aryl methyl sites for hydroxylation is 1. The molecule has 0 aliphatic rings. The fraction of sp³-hybridized carbons (Fsp3) is 0.250. The molecule has 0 unspecified atom stereocenters. The van der Waals surface area contributed by atoms with Crippen LogP contribution in [0.4, 0.5) is 5.69 Å². The van der Waals surface area contributed by atoms with Crippen molar-refractivity contribution in [3.63, 3.8) is 0 Å². The Labute approximate surface area is 167 Å². The highest BCUT2D eigenvalue weighted by Crippen LogP contribution is 2.28. The fourth-order valence-electron chi connectivity index (χ4n) is 2.78. The van der Waals surface area contributed by atoms with Gasteiger partial charge in [-0.25, -0.2) is 0 Å². The first kappa shape index (κ1) is 18.0. The molecule has 0 N–H and O–H groups in total. The number of benzene rings is 2. The molecule has 0 atom stereocenters. The number of rotatable bonds is 7. The van der Waals surface area contributed by atoms with Gasteiger partial charge in [0.2, 0.25) is 4.96 Å². The van der Waals surface area contributed by atoms with Crippen LogP contribution >= 0.6 is 23.1 Å². The van der Waals surface area contributed by atoms with Crippen LogP contribution < -0.4 is 4.90 Å². The number of hydrogen-bond donors (Lipinski definition) is 0. The summed E-state index contributed by atoms with van der Waals surface area (Å²) in [5.41, 5.74) is 3.64. The molecular weight excluding hydrogens is 374 g/mol. The Morgan fingerprint density at radius 2 is 1.89 bits per heavy atom. The average Bonchev–Trinajstić information content (AvgIpc) is 3.28. The first-order valence-corrected chi connectivity index (χ1v) is 10.8. The monoisotopic (exact) mass is 395 g/mol. The van der Waals surface area contributed by atoms with Gasteiger partial charge in [0.15, 0.2) is 5.82 Å². The summed E-state index contributed by atoms with van der Waals surface area (Å²) >= 11 is 3.44. The van der Waals surface area contributed by atoms with Crippen molar-refractivity contribution in [1.82, 2.24) is 19.8 Å². The van der Waals surface area contributed by atoms with Crippen LogP contribution in [0.25, 0.3) is 15.5 Å². The lowest BCUT2D eigenvalue weighted by Gasteiger charge is -2.12. The fourth-order valence-corrected chi connectivity index (χ4v) is 4.52. The van der Waals surface area contributed by atoms with Crippen LogP contribution in [0, 0.1) is 0 Å². The van der Waals surface area contributed by atoms with Crippen molar-refractivity contribution in [2.24, 2.45) is 0 Å². The molecule has 2 aromatic heterocycles. The van der Waals surface area contributed by atoms with Crippen molar-refractivity contribution in [1.29, 1.82) is 0 Å². The predicted molar refractivity (Wildman–Crippen MR) is 115 cm³/mol. The predicted octanol–water partition coefficient (Wildman–Crippen LogP) is 4.39. The van der Waals surface area contributed by atoms with E-state index in [0.717, 1.165) is 45.0 Å². The molecule has 27 heavy (non-hydrogen) atoms. The summed E-state index contributed by atoms with van der Waals surface area (Å²) in [7, 11) is 4.09. The molecule has 0 bridgehead atoms. The van der Waals surface area contributed by atoms with E-state index < -0.39 is 0 Å². The Bertz CT molecular complexity index is 1020. The molecular formula is C20H21N5S2. The van der Waals surface area contributed by atoms with Gasteiger partial charge in [-0.3, -0.25) is 0 Å². The average molecular weight is 396 g/mol. The van der Waals surface area contributed by atoms with Crippen LogP contribution in [0.1, 0.15) is 11.4 Å². The summed E-state index contributed by atoms with van der Waals surface area (Å²) in [6.45, 7) is 0. The van der Waals surface area contributed by atoms with Crippen LogP contribution in [0.3, 0.4) is 0 Å². The van der Waals surface area contributed by atoms with E-state index in [4.69, 9.17) is 5.10 Å². The maximum atomic E-state index is 4.76. The summed E-state index contributed by atoms with van der Waals surface area (Å²) in [4.78, 5) is 2.94. The second kappa shape index (κ2) is 8.10. The second-order valence-electron chi connectivity index (χ2n) is 6.45. The van der Waals surface area contributed by atoms with E-state index in [9.17, 15) is 0 Å². The number of anilines is 1. The van der Waals surface area contributed by atoms with Gasteiger partial charge >= 0.3 is 0 Å². The van der Waals surface area contributed by atoms with E-state index in [1.165, 1.54) is 5.56 Å². The Hall–Kier alpha value is -2.38. The summed E-state index contributed by atoms with van der Waals surface area (Å²) in [5, 5.41) is 14.3. The van der Waals surface area contributed by atoms with Crippen molar-refractivity contribution in [2.45, 2.75) is 12.2 Å². The number of hydrogen-bond acceptors (Lipinski definition) is 6. The molecule has 7 heteroatoms. The molecule has 0 spiro atoms. The van der Waals surface area contributed by atoms with Gasteiger partial charge in [-0.2, -0.15) is 21.4 Å². The third kappa shape index (κ3) is 4.14. The van der Waals surface area contributed by atoms with Gasteiger partial charge in [-0.15, -0.1) is 10.2 Å². The lowest BCUT2D eigenvalue weighted by Crippen LogP contribution is -2.08. The van der Waals surface area contributed by atoms with Gasteiger partial charge in [0.25, 0.3) is 0 Å². The molecule has 2 aromatic carbocycles. The van der Waals surface area contributed by atoms with Crippen molar-refractivity contribution in [3.05, 3.63) is 66.0 Å². The van der Waals surface area contributed by atoms with Crippen LogP contribution in [0.5, 0.6) is 0 Å². The third-order valence-corrected chi connectivity index (χ3v) is 6.18. The standard InChI is InChI=1S/C20H21N5S2/c1-24(2)17-10-6-9-16(13-17)19-23-25-18(21-22-20(25)27-19)14-26-12-11-15-7-4-3-5-8-15/h3-10,13H,11-12,14H2,1-2H3. The van der Waals surface area contributed by atoms with Gasteiger partial charge < -0.3 is 4.90 Å².